The number of pyridine rings is 1. The predicted molar refractivity (Wildman–Crippen MR) is 120 cm³/mol. The van der Waals surface area contributed by atoms with Gasteiger partial charge in [-0.05, 0) is 43.7 Å². The minimum Gasteiger partial charge on any atom is -0.420 e. The van der Waals surface area contributed by atoms with Gasteiger partial charge in [-0.25, -0.2) is 4.98 Å². The number of carbonyl (C=O) groups excluding carboxylic acids is 2. The van der Waals surface area contributed by atoms with Gasteiger partial charge < -0.3 is 14.2 Å². The summed E-state index contributed by atoms with van der Waals surface area (Å²) in [5.74, 6) is -0.425. The van der Waals surface area contributed by atoms with Gasteiger partial charge in [0, 0.05) is 51.1 Å². The Kier molecular flexibility index (Phi) is 7.23. The van der Waals surface area contributed by atoms with Crippen molar-refractivity contribution >= 4 is 23.4 Å². The van der Waals surface area contributed by atoms with E-state index in [4.69, 9.17) is 4.42 Å². The summed E-state index contributed by atoms with van der Waals surface area (Å²) in [4.78, 5) is 36.4. The van der Waals surface area contributed by atoms with E-state index in [1.807, 2.05) is 6.92 Å². The molecule has 4 rings (SSSR count). The van der Waals surface area contributed by atoms with Crippen molar-refractivity contribution in [2.24, 2.45) is 5.92 Å². The largest absolute Gasteiger partial charge is 0.437 e. The standard InChI is InChI=1S/C24H29F3N4O3/c1-2-18(32)17-8-12-30(13-9-17)20-7-6-16(15-28-20)14-19(33)21-22(24(25,26)27)29-23(34-21)31-10-4-3-5-11-31/h6-7,15,17H,2-5,8-14H2,1H3. The zero-order chi connectivity index (χ0) is 24.3. The van der Waals surface area contributed by atoms with Crippen LogP contribution < -0.4 is 9.80 Å². The number of hydrogen-bond acceptors (Lipinski definition) is 7. The molecule has 0 spiro atoms. The van der Waals surface area contributed by atoms with Gasteiger partial charge in [-0.15, -0.1) is 0 Å². The molecule has 2 aromatic heterocycles. The first-order valence-corrected chi connectivity index (χ1v) is 11.8. The molecule has 0 atom stereocenters. The number of nitrogens with zero attached hydrogens (tertiary/aromatic N) is 4. The number of piperidine rings is 2. The highest BCUT2D eigenvalue weighted by Crippen LogP contribution is 2.35. The number of anilines is 2. The number of Topliss-reactive ketones (excluding diaryl/α,β-unsaturated/α-hetero) is 2. The fourth-order valence-electron chi connectivity index (χ4n) is 4.60. The van der Waals surface area contributed by atoms with Gasteiger partial charge in [0.2, 0.25) is 11.5 Å². The molecule has 0 saturated carbocycles. The first-order chi connectivity index (χ1) is 16.3. The van der Waals surface area contributed by atoms with Crippen molar-refractivity contribution in [3.8, 4) is 0 Å². The maximum Gasteiger partial charge on any atom is 0.437 e. The van der Waals surface area contributed by atoms with Crippen LogP contribution in [-0.2, 0) is 17.4 Å². The van der Waals surface area contributed by atoms with Gasteiger partial charge in [-0.1, -0.05) is 13.0 Å². The Morgan fingerprint density at radius 3 is 2.35 bits per heavy atom. The van der Waals surface area contributed by atoms with Crippen LogP contribution >= 0.6 is 0 Å². The van der Waals surface area contributed by atoms with E-state index in [1.165, 1.54) is 6.20 Å². The van der Waals surface area contributed by atoms with E-state index in [0.717, 1.165) is 37.9 Å². The molecule has 2 aromatic rings. The van der Waals surface area contributed by atoms with Crippen LogP contribution in [0.25, 0.3) is 0 Å². The predicted octanol–water partition coefficient (Wildman–Crippen LogP) is 4.70. The number of aromatic nitrogens is 2. The normalized spacial score (nSPS) is 17.8. The van der Waals surface area contributed by atoms with Crippen molar-refractivity contribution in [1.29, 1.82) is 0 Å². The van der Waals surface area contributed by atoms with Gasteiger partial charge >= 0.3 is 6.18 Å². The number of oxazole rings is 1. The van der Waals surface area contributed by atoms with Gasteiger partial charge in [0.25, 0.3) is 6.01 Å². The summed E-state index contributed by atoms with van der Waals surface area (Å²) >= 11 is 0. The lowest BCUT2D eigenvalue weighted by atomic mass is 9.91. The Hall–Kier alpha value is -2.91. The molecule has 4 heterocycles. The fourth-order valence-corrected chi connectivity index (χ4v) is 4.60. The molecule has 2 fully saturated rings. The molecule has 0 aliphatic carbocycles. The van der Waals surface area contributed by atoms with E-state index >= 15 is 0 Å². The van der Waals surface area contributed by atoms with Crippen LogP contribution in [0.3, 0.4) is 0 Å². The summed E-state index contributed by atoms with van der Waals surface area (Å²) in [7, 11) is 0. The summed E-state index contributed by atoms with van der Waals surface area (Å²) in [6.07, 6.45) is 1.26. The van der Waals surface area contributed by atoms with Crippen molar-refractivity contribution in [2.45, 2.75) is 58.0 Å². The zero-order valence-corrected chi connectivity index (χ0v) is 19.2. The molecule has 0 bridgehead atoms. The van der Waals surface area contributed by atoms with Crippen LogP contribution in [0.5, 0.6) is 0 Å². The van der Waals surface area contributed by atoms with E-state index in [9.17, 15) is 22.8 Å². The van der Waals surface area contributed by atoms with Crippen LogP contribution in [0.1, 0.15) is 67.3 Å². The topological polar surface area (TPSA) is 79.5 Å². The van der Waals surface area contributed by atoms with Crippen LogP contribution in [0.2, 0.25) is 0 Å². The molecule has 10 heteroatoms. The molecule has 2 aliphatic rings. The average molecular weight is 479 g/mol. The Labute approximate surface area is 196 Å². The van der Waals surface area contributed by atoms with Crippen LogP contribution in [0.15, 0.2) is 22.7 Å². The zero-order valence-electron chi connectivity index (χ0n) is 19.2. The number of halogens is 3. The average Bonchev–Trinajstić information content (AvgIpc) is 3.31. The molecule has 0 aromatic carbocycles. The smallest absolute Gasteiger partial charge is 0.420 e. The lowest BCUT2D eigenvalue weighted by Crippen LogP contribution is -2.36. The molecule has 0 amide bonds. The van der Waals surface area contributed by atoms with Crippen molar-refractivity contribution in [2.75, 3.05) is 36.0 Å². The summed E-state index contributed by atoms with van der Waals surface area (Å²) in [5, 5.41) is 0. The second-order valence-corrected chi connectivity index (χ2v) is 8.93. The Morgan fingerprint density at radius 1 is 1.06 bits per heavy atom. The first-order valence-electron chi connectivity index (χ1n) is 11.8. The van der Waals surface area contributed by atoms with E-state index in [1.54, 1.807) is 17.0 Å². The van der Waals surface area contributed by atoms with Crippen molar-refractivity contribution < 1.29 is 27.2 Å². The lowest BCUT2D eigenvalue weighted by Gasteiger charge is -2.32. The number of hydrogen-bond donors (Lipinski definition) is 0. The SMILES string of the molecule is CCC(=O)C1CCN(c2ccc(CC(=O)c3oc(N4CCCCC4)nc3C(F)(F)F)cn2)CC1. The number of alkyl halides is 3. The monoisotopic (exact) mass is 478 g/mol. The number of ketones is 2. The highest BCUT2D eigenvalue weighted by Gasteiger charge is 2.41. The van der Waals surface area contributed by atoms with Gasteiger partial charge in [0.15, 0.2) is 5.69 Å². The lowest BCUT2D eigenvalue weighted by molar-refractivity contribution is -0.141. The molecule has 34 heavy (non-hydrogen) atoms. The Balaban J connectivity index is 1.43. The fraction of sp³-hybridized carbons (Fsp3) is 0.583. The molecular formula is C24H29F3N4O3. The molecule has 184 valence electrons. The van der Waals surface area contributed by atoms with Gasteiger partial charge in [-0.2, -0.15) is 18.2 Å². The summed E-state index contributed by atoms with van der Waals surface area (Å²) in [5.41, 5.74) is -0.777. The third kappa shape index (κ3) is 5.42. The second-order valence-electron chi connectivity index (χ2n) is 8.93. The molecule has 0 unspecified atom stereocenters. The first kappa shape index (κ1) is 24.2. The summed E-state index contributed by atoms with van der Waals surface area (Å²) in [6.45, 7) is 4.42. The van der Waals surface area contributed by atoms with Crippen molar-refractivity contribution in [3.63, 3.8) is 0 Å². The van der Waals surface area contributed by atoms with E-state index in [-0.39, 0.29) is 24.1 Å². The van der Waals surface area contributed by atoms with Crippen LogP contribution in [0.4, 0.5) is 25.0 Å². The molecule has 7 nitrogen and oxygen atoms in total. The van der Waals surface area contributed by atoms with Crippen molar-refractivity contribution in [1.82, 2.24) is 9.97 Å². The van der Waals surface area contributed by atoms with Gasteiger partial charge in [-0.3, -0.25) is 9.59 Å². The molecule has 0 radical (unpaired) electrons. The third-order valence-corrected chi connectivity index (χ3v) is 6.56. The Morgan fingerprint density at radius 2 is 1.76 bits per heavy atom. The maximum atomic E-state index is 13.6. The van der Waals surface area contributed by atoms with Crippen molar-refractivity contribution in [3.05, 3.63) is 35.3 Å². The quantitative estimate of drug-likeness (QED) is 0.534. The second kappa shape index (κ2) is 10.1. The van der Waals surface area contributed by atoms with Gasteiger partial charge in [0.1, 0.15) is 11.6 Å². The minimum atomic E-state index is -4.78. The van der Waals surface area contributed by atoms with E-state index in [2.05, 4.69) is 14.9 Å². The van der Waals surface area contributed by atoms with Crippen LogP contribution in [-0.4, -0.2) is 47.7 Å². The van der Waals surface area contributed by atoms with Gasteiger partial charge in [0.05, 0.1) is 0 Å². The minimum absolute atomic E-state index is 0.0951. The van der Waals surface area contributed by atoms with E-state index in [0.29, 0.717) is 38.2 Å². The molecular weight excluding hydrogens is 449 g/mol. The third-order valence-electron chi connectivity index (χ3n) is 6.56. The highest BCUT2D eigenvalue weighted by molar-refractivity contribution is 5.96. The van der Waals surface area contributed by atoms with Crippen LogP contribution in [0, 0.1) is 5.92 Å². The maximum absolute atomic E-state index is 13.6. The number of carbonyl (C=O) groups is 2. The Bertz CT molecular complexity index is 1010. The highest BCUT2D eigenvalue weighted by atomic mass is 19.4. The molecule has 2 saturated heterocycles. The number of rotatable bonds is 7. The summed E-state index contributed by atoms with van der Waals surface area (Å²) in [6, 6.07) is 3.31. The summed E-state index contributed by atoms with van der Waals surface area (Å²) < 4.78 is 46.0. The molecule has 2 aliphatic heterocycles. The molecule has 0 N–H and O–H groups in total. The van der Waals surface area contributed by atoms with E-state index < -0.39 is 23.4 Å².